The van der Waals surface area contributed by atoms with E-state index < -0.39 is 11.6 Å². The number of ether oxygens (including phenoxy) is 2. The van der Waals surface area contributed by atoms with E-state index in [0.29, 0.717) is 28.7 Å². The summed E-state index contributed by atoms with van der Waals surface area (Å²) in [4.78, 5) is 22.9. The van der Waals surface area contributed by atoms with Gasteiger partial charge in [0.25, 0.3) is 0 Å². The molecule has 0 radical (unpaired) electrons. The molecule has 0 amide bonds. The third-order valence-electron chi connectivity index (χ3n) is 5.13. The second-order valence-electron chi connectivity index (χ2n) is 8.27. The molecule has 0 saturated carbocycles. The van der Waals surface area contributed by atoms with E-state index in [0.717, 1.165) is 25.7 Å². The molecule has 162 valence electrons. The highest BCUT2D eigenvalue weighted by atomic mass is 16.5. The number of rotatable bonds is 9. The molecule has 30 heavy (non-hydrogen) atoms. The van der Waals surface area contributed by atoms with E-state index in [1.165, 1.54) is 24.1 Å². The average Bonchev–Trinajstić information content (AvgIpc) is 2.65. The Bertz CT molecular complexity index is 887. The zero-order valence-corrected chi connectivity index (χ0v) is 18.6. The minimum absolute atomic E-state index is 0.00827. The van der Waals surface area contributed by atoms with Gasteiger partial charge in [-0.1, -0.05) is 23.3 Å². The lowest BCUT2D eigenvalue weighted by atomic mass is 9.92. The van der Waals surface area contributed by atoms with Crippen LogP contribution in [-0.2, 0) is 16.1 Å². The Labute approximate surface area is 179 Å². The van der Waals surface area contributed by atoms with Gasteiger partial charge in [-0.15, -0.1) is 0 Å². The monoisotopic (exact) mass is 412 g/mol. The van der Waals surface area contributed by atoms with Gasteiger partial charge in [0.15, 0.2) is 6.29 Å². The summed E-state index contributed by atoms with van der Waals surface area (Å²) in [7, 11) is 0. The van der Waals surface area contributed by atoms with Gasteiger partial charge >= 0.3 is 5.97 Å². The zero-order valence-electron chi connectivity index (χ0n) is 18.6. The van der Waals surface area contributed by atoms with Crippen molar-refractivity contribution in [3.63, 3.8) is 0 Å². The van der Waals surface area contributed by atoms with Crippen molar-refractivity contribution >= 4 is 18.3 Å². The maximum absolute atomic E-state index is 11.8. The number of allylic oxidation sites excluding steroid dienone is 4. The number of fused-ring (bicyclic) bond motifs is 1. The van der Waals surface area contributed by atoms with Gasteiger partial charge in [0, 0.05) is 12.5 Å². The van der Waals surface area contributed by atoms with Gasteiger partial charge in [-0.3, -0.25) is 9.59 Å². The molecular formula is C25H32O5. The fraction of sp³-hybridized carbons (Fsp3) is 0.440. The first-order valence-electron chi connectivity index (χ1n) is 10.3. The smallest absolute Gasteiger partial charge is 0.302 e. The molecule has 1 N–H and O–H groups in total. The molecule has 0 aromatic heterocycles. The predicted octanol–water partition coefficient (Wildman–Crippen LogP) is 5.91. The van der Waals surface area contributed by atoms with E-state index in [-0.39, 0.29) is 12.4 Å². The third-order valence-corrected chi connectivity index (χ3v) is 5.13. The largest absolute Gasteiger partial charge is 0.507 e. The molecule has 0 bridgehead atoms. The lowest BCUT2D eigenvalue weighted by molar-refractivity contribution is -0.142. The maximum atomic E-state index is 11.8. The summed E-state index contributed by atoms with van der Waals surface area (Å²) in [6.45, 7) is 9.51. The van der Waals surface area contributed by atoms with Gasteiger partial charge in [0.05, 0.1) is 11.1 Å². The van der Waals surface area contributed by atoms with Crippen LogP contribution >= 0.6 is 0 Å². The Morgan fingerprint density at radius 1 is 1.20 bits per heavy atom. The Morgan fingerprint density at radius 3 is 2.57 bits per heavy atom. The molecule has 0 fully saturated rings. The topological polar surface area (TPSA) is 72.8 Å². The van der Waals surface area contributed by atoms with Crippen molar-refractivity contribution in [3.05, 3.63) is 52.1 Å². The number of hydrogen-bond acceptors (Lipinski definition) is 5. The molecule has 5 nitrogen and oxygen atoms in total. The quantitative estimate of drug-likeness (QED) is 0.310. The summed E-state index contributed by atoms with van der Waals surface area (Å²) < 4.78 is 11.2. The predicted molar refractivity (Wildman–Crippen MR) is 119 cm³/mol. The van der Waals surface area contributed by atoms with Crippen LogP contribution in [0.2, 0.25) is 0 Å². The standard InChI is InChI=1S/C25H32O5/c1-17(2)8-6-9-18(3)10-7-12-25(5)13-11-21-23(28)14-20(16-29-19(4)27)22(15-26)24(21)30-25/h8,10-11,13-15,28H,6-7,9,12,16H2,1-5H3/b18-10+/t25-/m0/s1. The van der Waals surface area contributed by atoms with Crippen LogP contribution in [0.4, 0.5) is 0 Å². The molecule has 0 aliphatic carbocycles. The van der Waals surface area contributed by atoms with E-state index in [1.807, 2.05) is 13.0 Å². The number of esters is 1. The number of hydrogen-bond donors (Lipinski definition) is 1. The molecule has 0 unspecified atom stereocenters. The summed E-state index contributed by atoms with van der Waals surface area (Å²) in [5, 5.41) is 10.4. The summed E-state index contributed by atoms with van der Waals surface area (Å²) in [5.41, 5.74) is 3.25. The highest BCUT2D eigenvalue weighted by molar-refractivity contribution is 5.87. The summed E-state index contributed by atoms with van der Waals surface area (Å²) in [5.74, 6) is -0.131. The lowest BCUT2D eigenvalue weighted by Gasteiger charge is -2.33. The molecule has 1 aliphatic heterocycles. The van der Waals surface area contributed by atoms with E-state index in [2.05, 4.69) is 32.9 Å². The molecule has 5 heteroatoms. The van der Waals surface area contributed by atoms with Crippen LogP contribution in [0.15, 0.2) is 35.4 Å². The summed E-state index contributed by atoms with van der Waals surface area (Å²) >= 11 is 0. The second-order valence-corrected chi connectivity index (χ2v) is 8.27. The van der Waals surface area contributed by atoms with E-state index in [9.17, 15) is 14.7 Å². The van der Waals surface area contributed by atoms with Gasteiger partial charge < -0.3 is 14.6 Å². The first-order chi connectivity index (χ1) is 14.1. The van der Waals surface area contributed by atoms with Crippen LogP contribution in [0, 0.1) is 0 Å². The molecular weight excluding hydrogens is 380 g/mol. The Kier molecular flexibility index (Phi) is 8.04. The lowest BCUT2D eigenvalue weighted by Crippen LogP contribution is -2.32. The first-order valence-corrected chi connectivity index (χ1v) is 10.3. The fourth-order valence-corrected chi connectivity index (χ4v) is 3.38. The third kappa shape index (κ3) is 6.34. The van der Waals surface area contributed by atoms with Gasteiger partial charge in [-0.05, 0) is 71.6 Å². The van der Waals surface area contributed by atoms with E-state index in [1.54, 1.807) is 6.08 Å². The average molecular weight is 413 g/mol. The number of carbonyl (C=O) groups is 2. The summed E-state index contributed by atoms with van der Waals surface area (Å²) in [6.07, 6.45) is 12.5. The number of aldehydes is 1. The molecule has 1 aromatic rings. The van der Waals surface area contributed by atoms with Gasteiger partial charge in [-0.25, -0.2) is 0 Å². The minimum Gasteiger partial charge on any atom is -0.507 e. The molecule has 0 saturated heterocycles. The van der Waals surface area contributed by atoms with Crippen molar-refractivity contribution in [2.45, 2.75) is 72.5 Å². The molecule has 2 rings (SSSR count). The van der Waals surface area contributed by atoms with Gasteiger partial charge in [0.2, 0.25) is 0 Å². The number of carbonyl (C=O) groups excluding carboxylic acids is 2. The van der Waals surface area contributed by atoms with Crippen molar-refractivity contribution in [1.82, 2.24) is 0 Å². The van der Waals surface area contributed by atoms with Crippen molar-refractivity contribution in [2.75, 3.05) is 0 Å². The highest BCUT2D eigenvalue weighted by Gasteiger charge is 2.31. The fourth-order valence-electron chi connectivity index (χ4n) is 3.38. The van der Waals surface area contributed by atoms with Crippen LogP contribution in [0.1, 0.15) is 81.8 Å². The number of phenols is 1. The Morgan fingerprint density at radius 2 is 1.93 bits per heavy atom. The van der Waals surface area contributed by atoms with Crippen LogP contribution in [0.25, 0.3) is 6.08 Å². The second kappa shape index (κ2) is 10.3. The number of aromatic hydroxyl groups is 1. The normalized spacial score (nSPS) is 17.7. The van der Waals surface area contributed by atoms with E-state index in [4.69, 9.17) is 9.47 Å². The van der Waals surface area contributed by atoms with Gasteiger partial charge in [0.1, 0.15) is 23.7 Å². The van der Waals surface area contributed by atoms with Crippen molar-refractivity contribution in [1.29, 1.82) is 0 Å². The van der Waals surface area contributed by atoms with Crippen molar-refractivity contribution in [3.8, 4) is 11.5 Å². The molecule has 1 aliphatic rings. The van der Waals surface area contributed by atoms with Crippen LogP contribution in [-0.4, -0.2) is 23.0 Å². The van der Waals surface area contributed by atoms with Crippen LogP contribution in [0.3, 0.4) is 0 Å². The number of benzene rings is 1. The van der Waals surface area contributed by atoms with Crippen molar-refractivity contribution in [2.24, 2.45) is 0 Å². The summed E-state index contributed by atoms with van der Waals surface area (Å²) in [6, 6.07) is 1.44. The van der Waals surface area contributed by atoms with Crippen LogP contribution < -0.4 is 4.74 Å². The highest BCUT2D eigenvalue weighted by Crippen LogP contribution is 2.42. The van der Waals surface area contributed by atoms with Crippen LogP contribution in [0.5, 0.6) is 11.5 Å². The first kappa shape index (κ1) is 23.5. The molecule has 1 heterocycles. The van der Waals surface area contributed by atoms with Gasteiger partial charge in [-0.2, -0.15) is 0 Å². The SMILES string of the molecule is CC(=O)OCc1cc(O)c2c(c1C=O)O[C@@](C)(CC/C=C(\C)CCC=C(C)C)C=C2. The van der Waals surface area contributed by atoms with E-state index >= 15 is 0 Å². The molecule has 1 aromatic carbocycles. The minimum atomic E-state index is -0.603. The van der Waals surface area contributed by atoms with Crippen molar-refractivity contribution < 1.29 is 24.2 Å². The maximum Gasteiger partial charge on any atom is 0.302 e. The zero-order chi connectivity index (χ0) is 22.3. The Hall–Kier alpha value is -2.82. The Balaban J connectivity index is 2.15. The molecule has 0 spiro atoms. The molecule has 1 atom stereocenters. The number of phenolic OH excluding ortho intramolecular Hbond substituents is 1.